The molecule has 0 amide bonds. The van der Waals surface area contributed by atoms with Gasteiger partial charge in [0.25, 0.3) is 0 Å². The first-order chi connectivity index (χ1) is 5.66. The molecule has 0 fully saturated rings. The Morgan fingerprint density at radius 1 is 1.46 bits per heavy atom. The van der Waals surface area contributed by atoms with Crippen LogP contribution in [0.4, 0.5) is 0 Å². The van der Waals surface area contributed by atoms with Crippen LogP contribution in [-0.4, -0.2) is 7.11 Å². The van der Waals surface area contributed by atoms with Gasteiger partial charge in [0.05, 0.1) is 11.6 Å². The van der Waals surface area contributed by atoms with Crippen LogP contribution in [0, 0.1) is 0 Å². The lowest BCUT2D eigenvalue weighted by Gasteiger charge is -2.12. The molecule has 74 valence electrons. The van der Waals surface area contributed by atoms with Crippen LogP contribution in [0.15, 0.2) is 22.7 Å². The average Bonchev–Trinajstić information content (AvgIpc) is 2.03. The largest absolute Gasteiger partial charge is 0.495 e. The molecule has 0 aliphatic carbocycles. The summed E-state index contributed by atoms with van der Waals surface area (Å²) in [6, 6.07) is 5.85. The third kappa shape index (κ3) is 2.86. The summed E-state index contributed by atoms with van der Waals surface area (Å²) in [4.78, 5) is 0. The van der Waals surface area contributed by atoms with Crippen molar-refractivity contribution in [2.24, 2.45) is 5.73 Å². The normalized spacial score (nSPS) is 11.7. The van der Waals surface area contributed by atoms with Gasteiger partial charge in [0.2, 0.25) is 0 Å². The van der Waals surface area contributed by atoms with Gasteiger partial charge >= 0.3 is 0 Å². The minimum absolute atomic E-state index is 0. The van der Waals surface area contributed by atoms with E-state index in [1.807, 2.05) is 25.1 Å². The van der Waals surface area contributed by atoms with E-state index in [2.05, 4.69) is 15.9 Å². The molecule has 0 aromatic heterocycles. The highest BCUT2D eigenvalue weighted by molar-refractivity contribution is 9.10. The van der Waals surface area contributed by atoms with E-state index in [0.717, 1.165) is 15.8 Å². The molecule has 0 radical (unpaired) electrons. The number of benzene rings is 1. The molecule has 0 aliphatic heterocycles. The van der Waals surface area contributed by atoms with E-state index in [0.29, 0.717) is 0 Å². The van der Waals surface area contributed by atoms with Crippen molar-refractivity contribution < 1.29 is 4.74 Å². The van der Waals surface area contributed by atoms with Crippen LogP contribution in [0.1, 0.15) is 18.5 Å². The second-order valence-electron chi connectivity index (χ2n) is 2.65. The van der Waals surface area contributed by atoms with Crippen molar-refractivity contribution >= 4 is 28.3 Å². The molecule has 2 N–H and O–H groups in total. The van der Waals surface area contributed by atoms with Crippen molar-refractivity contribution in [2.75, 3.05) is 7.11 Å². The highest BCUT2D eigenvalue weighted by atomic mass is 79.9. The molecule has 1 aromatic rings. The Labute approximate surface area is 93.0 Å². The van der Waals surface area contributed by atoms with Crippen molar-refractivity contribution in [2.45, 2.75) is 13.0 Å². The summed E-state index contributed by atoms with van der Waals surface area (Å²) in [5.74, 6) is 0.826. The SMILES string of the molecule is COc1c(Br)cccc1C(C)N.Cl. The van der Waals surface area contributed by atoms with Crippen molar-refractivity contribution in [1.82, 2.24) is 0 Å². The van der Waals surface area contributed by atoms with E-state index in [4.69, 9.17) is 10.5 Å². The number of para-hydroxylation sites is 1. The summed E-state index contributed by atoms with van der Waals surface area (Å²) in [7, 11) is 1.64. The Kier molecular flexibility index (Phi) is 5.37. The molecule has 2 nitrogen and oxygen atoms in total. The van der Waals surface area contributed by atoms with Crippen molar-refractivity contribution in [1.29, 1.82) is 0 Å². The molecule has 0 bridgehead atoms. The molecule has 1 atom stereocenters. The minimum atomic E-state index is -0.00236. The quantitative estimate of drug-likeness (QED) is 0.893. The van der Waals surface area contributed by atoms with Gasteiger partial charge in [-0.15, -0.1) is 12.4 Å². The summed E-state index contributed by atoms with van der Waals surface area (Å²) >= 11 is 3.40. The Bertz CT molecular complexity index is 278. The van der Waals surface area contributed by atoms with Gasteiger partial charge in [0, 0.05) is 11.6 Å². The zero-order valence-corrected chi connectivity index (χ0v) is 9.98. The molecule has 0 saturated heterocycles. The van der Waals surface area contributed by atoms with Crippen molar-refractivity contribution in [3.63, 3.8) is 0 Å². The number of rotatable bonds is 2. The standard InChI is InChI=1S/C9H12BrNO.ClH/c1-6(11)7-4-3-5-8(10)9(7)12-2;/h3-6H,11H2,1-2H3;1H. The van der Waals surface area contributed by atoms with Gasteiger partial charge in [0.15, 0.2) is 0 Å². The van der Waals surface area contributed by atoms with Gasteiger partial charge in [-0.1, -0.05) is 12.1 Å². The number of hydrogen-bond donors (Lipinski definition) is 1. The lowest BCUT2D eigenvalue weighted by atomic mass is 10.1. The lowest BCUT2D eigenvalue weighted by Crippen LogP contribution is -2.06. The van der Waals surface area contributed by atoms with Gasteiger partial charge in [-0.2, -0.15) is 0 Å². The molecular weight excluding hydrogens is 253 g/mol. The van der Waals surface area contributed by atoms with E-state index >= 15 is 0 Å². The molecule has 4 heteroatoms. The van der Waals surface area contributed by atoms with Crippen LogP contribution in [0.3, 0.4) is 0 Å². The molecule has 1 aromatic carbocycles. The van der Waals surface area contributed by atoms with Crippen LogP contribution in [0.25, 0.3) is 0 Å². The second kappa shape index (κ2) is 5.47. The third-order valence-corrected chi connectivity index (χ3v) is 2.32. The Hall–Kier alpha value is -0.250. The minimum Gasteiger partial charge on any atom is -0.495 e. The van der Waals surface area contributed by atoms with Crippen LogP contribution in [0.2, 0.25) is 0 Å². The third-order valence-electron chi connectivity index (χ3n) is 1.69. The number of nitrogens with two attached hydrogens (primary N) is 1. The topological polar surface area (TPSA) is 35.2 Å². The monoisotopic (exact) mass is 265 g/mol. The molecule has 1 unspecified atom stereocenters. The maximum atomic E-state index is 5.76. The highest BCUT2D eigenvalue weighted by Crippen LogP contribution is 2.31. The van der Waals surface area contributed by atoms with E-state index in [1.54, 1.807) is 7.11 Å². The molecule has 0 saturated carbocycles. The van der Waals surface area contributed by atoms with E-state index in [9.17, 15) is 0 Å². The van der Waals surface area contributed by atoms with Crippen LogP contribution in [-0.2, 0) is 0 Å². The fourth-order valence-corrected chi connectivity index (χ4v) is 1.64. The zero-order chi connectivity index (χ0) is 9.14. The Morgan fingerprint density at radius 3 is 2.46 bits per heavy atom. The highest BCUT2D eigenvalue weighted by Gasteiger charge is 2.09. The maximum Gasteiger partial charge on any atom is 0.137 e. The Morgan fingerprint density at radius 2 is 2.08 bits per heavy atom. The van der Waals surface area contributed by atoms with Crippen LogP contribution in [0.5, 0.6) is 5.75 Å². The Balaban J connectivity index is 0.00000144. The van der Waals surface area contributed by atoms with Crippen LogP contribution >= 0.6 is 28.3 Å². The summed E-state index contributed by atoms with van der Waals surface area (Å²) in [6.07, 6.45) is 0. The van der Waals surface area contributed by atoms with Gasteiger partial charge in [0.1, 0.15) is 5.75 Å². The summed E-state index contributed by atoms with van der Waals surface area (Å²) in [5.41, 5.74) is 6.78. The number of ether oxygens (including phenoxy) is 1. The first-order valence-electron chi connectivity index (χ1n) is 3.74. The number of hydrogen-bond acceptors (Lipinski definition) is 2. The molecule has 13 heavy (non-hydrogen) atoms. The first-order valence-corrected chi connectivity index (χ1v) is 4.54. The fourth-order valence-electron chi connectivity index (χ4n) is 1.10. The fraction of sp³-hybridized carbons (Fsp3) is 0.333. The predicted molar refractivity (Wildman–Crippen MR) is 60.5 cm³/mol. The molecule has 0 heterocycles. The number of halogens is 2. The first kappa shape index (κ1) is 12.8. The smallest absolute Gasteiger partial charge is 0.137 e. The molecule has 0 spiro atoms. The van der Waals surface area contributed by atoms with Crippen molar-refractivity contribution in [3.8, 4) is 5.75 Å². The van der Waals surface area contributed by atoms with E-state index in [-0.39, 0.29) is 18.4 Å². The van der Waals surface area contributed by atoms with Gasteiger partial charge in [-0.3, -0.25) is 0 Å². The predicted octanol–water partition coefficient (Wildman–Crippen LogP) is 2.90. The van der Waals surface area contributed by atoms with Gasteiger partial charge in [-0.25, -0.2) is 0 Å². The molecule has 1 rings (SSSR count). The van der Waals surface area contributed by atoms with Gasteiger partial charge < -0.3 is 10.5 Å². The average molecular weight is 267 g/mol. The second-order valence-corrected chi connectivity index (χ2v) is 3.51. The van der Waals surface area contributed by atoms with Crippen LogP contribution < -0.4 is 10.5 Å². The van der Waals surface area contributed by atoms with E-state index < -0.39 is 0 Å². The zero-order valence-electron chi connectivity index (χ0n) is 7.58. The number of methoxy groups -OCH3 is 1. The summed E-state index contributed by atoms with van der Waals surface area (Å²) in [6.45, 7) is 1.93. The summed E-state index contributed by atoms with van der Waals surface area (Å²) in [5, 5.41) is 0. The van der Waals surface area contributed by atoms with Gasteiger partial charge in [-0.05, 0) is 28.9 Å². The molecule has 0 aliphatic rings. The van der Waals surface area contributed by atoms with Crippen molar-refractivity contribution in [3.05, 3.63) is 28.2 Å². The maximum absolute atomic E-state index is 5.76. The molecular formula is C9H13BrClNO. The summed E-state index contributed by atoms with van der Waals surface area (Å²) < 4.78 is 6.15. The lowest BCUT2D eigenvalue weighted by molar-refractivity contribution is 0.404. The van der Waals surface area contributed by atoms with E-state index in [1.165, 1.54) is 0 Å².